The van der Waals surface area contributed by atoms with E-state index in [1.807, 2.05) is 13.8 Å². The summed E-state index contributed by atoms with van der Waals surface area (Å²) in [6.07, 6.45) is 8.95. The quantitative estimate of drug-likeness (QED) is 0.819. The fourth-order valence-electron chi connectivity index (χ4n) is 2.96. The molecule has 1 aromatic carbocycles. The van der Waals surface area contributed by atoms with Crippen molar-refractivity contribution in [3.05, 3.63) is 60.2 Å². The average molecular weight is 271 g/mol. The van der Waals surface area contributed by atoms with Crippen molar-refractivity contribution in [3.63, 3.8) is 0 Å². The molecular weight excluding hydrogens is 242 g/mol. The van der Waals surface area contributed by atoms with Crippen LogP contribution < -0.4 is 5.32 Å². The first kappa shape index (κ1) is 16.7. The van der Waals surface area contributed by atoms with E-state index in [0.29, 0.717) is 11.8 Å². The number of nitrogens with one attached hydrogen (secondary N) is 1. The largest absolute Gasteiger partial charge is 0.308 e. The first-order valence-corrected chi connectivity index (χ1v) is 7.83. The summed E-state index contributed by atoms with van der Waals surface area (Å²) in [6.45, 7) is 11.8. The molecule has 0 bridgehead atoms. The molecule has 1 nitrogen and oxygen atoms in total. The van der Waals surface area contributed by atoms with E-state index in [1.165, 1.54) is 5.56 Å². The summed E-state index contributed by atoms with van der Waals surface area (Å²) in [5.74, 6) is 1.00. The zero-order valence-corrected chi connectivity index (χ0v) is 13.6. The van der Waals surface area contributed by atoms with E-state index < -0.39 is 0 Å². The summed E-state index contributed by atoms with van der Waals surface area (Å²) in [7, 11) is 0. The second-order valence-corrected chi connectivity index (χ2v) is 5.28. The summed E-state index contributed by atoms with van der Waals surface area (Å²) < 4.78 is 0. The first-order valence-electron chi connectivity index (χ1n) is 7.83. The molecular formula is C19H29N. The Morgan fingerprint density at radius 2 is 1.80 bits per heavy atom. The summed E-state index contributed by atoms with van der Waals surface area (Å²) >= 11 is 0. The first-order chi connectivity index (χ1) is 9.67. The van der Waals surface area contributed by atoms with Gasteiger partial charge in [0.05, 0.1) is 0 Å². The van der Waals surface area contributed by atoms with Gasteiger partial charge in [-0.3, -0.25) is 0 Å². The number of hydrogen-bond donors (Lipinski definition) is 1. The maximum Gasteiger partial charge on any atom is 0.0407 e. The Kier molecular flexibility index (Phi) is 6.74. The molecule has 0 spiro atoms. The molecule has 1 N–H and O–H groups in total. The van der Waals surface area contributed by atoms with Gasteiger partial charge in [-0.2, -0.15) is 0 Å². The van der Waals surface area contributed by atoms with Crippen molar-refractivity contribution in [1.29, 1.82) is 0 Å². The van der Waals surface area contributed by atoms with E-state index in [4.69, 9.17) is 0 Å². The molecule has 20 heavy (non-hydrogen) atoms. The Morgan fingerprint density at radius 3 is 2.40 bits per heavy atom. The van der Waals surface area contributed by atoms with Gasteiger partial charge in [0.15, 0.2) is 0 Å². The normalized spacial score (nSPS) is 25.8. The van der Waals surface area contributed by atoms with Crippen LogP contribution in [-0.4, -0.2) is 12.1 Å². The molecule has 0 fully saturated rings. The highest BCUT2D eigenvalue weighted by Gasteiger charge is 2.34. The van der Waals surface area contributed by atoms with Crippen molar-refractivity contribution in [2.75, 3.05) is 6.54 Å². The molecule has 0 saturated heterocycles. The van der Waals surface area contributed by atoms with Gasteiger partial charge in [0.2, 0.25) is 0 Å². The topological polar surface area (TPSA) is 12.0 Å². The Labute approximate surface area is 124 Å². The maximum absolute atomic E-state index is 3.62. The van der Waals surface area contributed by atoms with Gasteiger partial charge in [0, 0.05) is 11.5 Å². The predicted molar refractivity (Wildman–Crippen MR) is 90.1 cm³/mol. The lowest BCUT2D eigenvalue weighted by Crippen LogP contribution is -2.48. The second kappa shape index (κ2) is 8.06. The zero-order valence-electron chi connectivity index (χ0n) is 13.6. The van der Waals surface area contributed by atoms with Gasteiger partial charge in [-0.05, 0) is 24.9 Å². The Balaban J connectivity index is 0.000000956. The fraction of sp³-hybridized carbons (Fsp3) is 0.474. The molecule has 3 atom stereocenters. The molecule has 0 heterocycles. The number of hydrogen-bond acceptors (Lipinski definition) is 1. The minimum Gasteiger partial charge on any atom is -0.308 e. The third-order valence-corrected chi connectivity index (χ3v) is 3.99. The molecule has 2 rings (SSSR count). The van der Waals surface area contributed by atoms with Crippen LogP contribution in [0.4, 0.5) is 0 Å². The molecule has 0 amide bonds. The van der Waals surface area contributed by atoms with Gasteiger partial charge in [-0.25, -0.2) is 0 Å². The number of allylic oxidation sites excluding steroid dienone is 2. The van der Waals surface area contributed by atoms with Crippen molar-refractivity contribution < 1.29 is 0 Å². The summed E-state index contributed by atoms with van der Waals surface area (Å²) in [5.41, 5.74) is 1.46. The molecule has 0 saturated carbocycles. The number of likely N-dealkylation sites (N-methyl/N-ethyl adjacent to an activating group) is 1. The van der Waals surface area contributed by atoms with Crippen molar-refractivity contribution in [1.82, 2.24) is 5.32 Å². The summed E-state index contributed by atoms with van der Waals surface area (Å²) in [4.78, 5) is 0. The molecule has 0 aliphatic heterocycles. The number of benzene rings is 1. The van der Waals surface area contributed by atoms with Crippen LogP contribution in [0, 0.1) is 5.92 Å². The smallest absolute Gasteiger partial charge is 0.0407 e. The van der Waals surface area contributed by atoms with E-state index in [9.17, 15) is 0 Å². The predicted octanol–water partition coefficient (Wildman–Crippen LogP) is 4.93. The van der Waals surface area contributed by atoms with Gasteiger partial charge < -0.3 is 5.32 Å². The highest BCUT2D eigenvalue weighted by molar-refractivity contribution is 5.30. The Hall–Kier alpha value is -1.34. The van der Waals surface area contributed by atoms with Crippen molar-refractivity contribution in [2.24, 2.45) is 5.92 Å². The van der Waals surface area contributed by atoms with Gasteiger partial charge in [-0.15, -0.1) is 0 Å². The number of rotatable bonds is 4. The van der Waals surface area contributed by atoms with Crippen LogP contribution in [0.3, 0.4) is 0 Å². The maximum atomic E-state index is 3.62. The van der Waals surface area contributed by atoms with Crippen LogP contribution in [0.1, 0.15) is 46.1 Å². The fourth-order valence-corrected chi connectivity index (χ4v) is 2.96. The van der Waals surface area contributed by atoms with Crippen molar-refractivity contribution in [2.45, 2.75) is 46.1 Å². The lowest BCUT2D eigenvalue weighted by atomic mass is 9.72. The second-order valence-electron chi connectivity index (χ2n) is 5.28. The van der Waals surface area contributed by atoms with Crippen LogP contribution in [0.2, 0.25) is 0 Å². The van der Waals surface area contributed by atoms with Crippen LogP contribution in [0.25, 0.3) is 0 Å². The highest BCUT2D eigenvalue weighted by atomic mass is 15.0. The highest BCUT2D eigenvalue weighted by Crippen LogP contribution is 2.36. The molecule has 110 valence electrons. The summed E-state index contributed by atoms with van der Waals surface area (Å²) in [5, 5.41) is 3.62. The molecule has 0 radical (unpaired) electrons. The van der Waals surface area contributed by atoms with Crippen LogP contribution in [-0.2, 0) is 0 Å². The van der Waals surface area contributed by atoms with Gasteiger partial charge in [0.1, 0.15) is 0 Å². The average Bonchev–Trinajstić information content (AvgIpc) is 2.50. The van der Waals surface area contributed by atoms with Crippen LogP contribution in [0.15, 0.2) is 54.6 Å². The summed E-state index contributed by atoms with van der Waals surface area (Å²) in [6, 6.07) is 10.8. The molecule has 1 aliphatic carbocycles. The van der Waals surface area contributed by atoms with Gasteiger partial charge in [-0.1, -0.05) is 82.3 Å². The van der Waals surface area contributed by atoms with Gasteiger partial charge >= 0.3 is 0 Å². The third kappa shape index (κ3) is 3.83. The standard InChI is InChI=1S/C17H23N.C2H6/c1-4-18-17(3)13-9-8-12-16(17)14(2)15-10-6-5-7-11-15;1-2/h5-14,16,18H,4H2,1-3H3;1-2H3/t14?,16?,17-;/m1./s1. The van der Waals surface area contributed by atoms with Crippen molar-refractivity contribution >= 4 is 0 Å². The van der Waals surface area contributed by atoms with E-state index in [2.05, 4.69) is 80.7 Å². The Morgan fingerprint density at radius 1 is 1.15 bits per heavy atom. The lowest BCUT2D eigenvalue weighted by molar-refractivity contribution is 0.306. The molecule has 1 aromatic rings. The van der Waals surface area contributed by atoms with Crippen LogP contribution in [0.5, 0.6) is 0 Å². The minimum atomic E-state index is 0.0543. The molecule has 0 aromatic heterocycles. The Bertz CT molecular complexity index is 432. The van der Waals surface area contributed by atoms with E-state index in [-0.39, 0.29) is 5.54 Å². The zero-order chi connectivity index (χ0) is 15.0. The van der Waals surface area contributed by atoms with E-state index in [1.54, 1.807) is 0 Å². The lowest BCUT2D eigenvalue weighted by Gasteiger charge is -2.39. The van der Waals surface area contributed by atoms with Crippen LogP contribution >= 0.6 is 0 Å². The molecule has 2 unspecified atom stereocenters. The van der Waals surface area contributed by atoms with E-state index in [0.717, 1.165) is 6.54 Å². The van der Waals surface area contributed by atoms with E-state index >= 15 is 0 Å². The molecule has 1 aliphatic rings. The molecule has 1 heteroatoms. The van der Waals surface area contributed by atoms with Crippen molar-refractivity contribution in [3.8, 4) is 0 Å². The van der Waals surface area contributed by atoms with Gasteiger partial charge in [0.25, 0.3) is 0 Å². The third-order valence-electron chi connectivity index (χ3n) is 3.99. The SMILES string of the molecule is CC.CCN[C@]1(C)C=CC=CC1C(C)c1ccccc1. The monoisotopic (exact) mass is 271 g/mol. The minimum absolute atomic E-state index is 0.0543.